The summed E-state index contributed by atoms with van der Waals surface area (Å²) in [6, 6.07) is 8.15. The Bertz CT molecular complexity index is 647. The molecule has 170 valence electrons. The predicted octanol–water partition coefficient (Wildman–Crippen LogP) is 2.48. The number of ether oxygens (including phenoxy) is 2. The lowest BCUT2D eigenvalue weighted by molar-refractivity contribution is 0.0914. The van der Waals surface area contributed by atoms with Crippen LogP contribution in [0, 0.1) is 0 Å². The van der Waals surface area contributed by atoms with Gasteiger partial charge in [-0.2, -0.15) is 0 Å². The summed E-state index contributed by atoms with van der Waals surface area (Å²) in [7, 11) is 5.91. The monoisotopic (exact) mass is 533 g/mol. The highest BCUT2D eigenvalue weighted by atomic mass is 127. The molecule has 1 saturated heterocycles. The minimum Gasteiger partial charge on any atom is -0.494 e. The fourth-order valence-electron chi connectivity index (χ4n) is 3.10. The third-order valence-corrected chi connectivity index (χ3v) is 4.71. The van der Waals surface area contributed by atoms with Crippen LogP contribution in [0.3, 0.4) is 0 Å². The first-order chi connectivity index (χ1) is 14.0. The molecule has 0 aliphatic carbocycles. The molecule has 0 atom stereocenters. The Labute approximate surface area is 197 Å². The summed E-state index contributed by atoms with van der Waals surface area (Å²) in [4.78, 5) is 22.3. The van der Waals surface area contributed by atoms with Crippen LogP contribution < -0.4 is 10.1 Å². The topological polar surface area (TPSA) is 69.6 Å². The van der Waals surface area contributed by atoms with Crippen LogP contribution in [0.15, 0.2) is 29.3 Å². The molecule has 0 saturated carbocycles. The van der Waals surface area contributed by atoms with Crippen molar-refractivity contribution in [2.45, 2.75) is 19.9 Å². The fraction of sp³-hybridized carbons (Fsp3) is 0.619. The first-order valence-corrected chi connectivity index (χ1v) is 10.3. The van der Waals surface area contributed by atoms with Gasteiger partial charge in [-0.05, 0) is 45.1 Å². The Hall–Kier alpha value is -1.75. The van der Waals surface area contributed by atoms with Crippen LogP contribution in [0.5, 0.6) is 5.75 Å². The molecule has 9 heteroatoms. The highest BCUT2D eigenvalue weighted by Gasteiger charge is 2.23. The maximum atomic E-state index is 11.8. The average molecular weight is 533 g/mol. The van der Waals surface area contributed by atoms with Crippen molar-refractivity contribution < 1.29 is 14.3 Å². The van der Waals surface area contributed by atoms with Gasteiger partial charge in [0.25, 0.3) is 0 Å². The number of nitrogens with one attached hydrogen (secondary N) is 1. The molecule has 1 fully saturated rings. The van der Waals surface area contributed by atoms with E-state index in [0.717, 1.165) is 49.9 Å². The molecule has 0 radical (unpaired) electrons. The van der Waals surface area contributed by atoms with E-state index in [9.17, 15) is 4.79 Å². The first-order valence-electron chi connectivity index (χ1n) is 10.3. The van der Waals surface area contributed by atoms with Crippen LogP contribution in [-0.4, -0.2) is 93.8 Å². The number of halogens is 1. The molecule has 0 aromatic heterocycles. The summed E-state index contributed by atoms with van der Waals surface area (Å²) in [6.07, 6.45) is 0.773. The lowest BCUT2D eigenvalue weighted by atomic mass is 10.2. The molecule has 0 unspecified atom stereocenters. The van der Waals surface area contributed by atoms with Gasteiger partial charge in [0.05, 0.1) is 13.2 Å². The van der Waals surface area contributed by atoms with Gasteiger partial charge in [-0.15, -0.1) is 24.0 Å². The molecule has 1 heterocycles. The van der Waals surface area contributed by atoms with Gasteiger partial charge in [-0.1, -0.05) is 12.1 Å². The number of aliphatic imine (C=N–C) groups is 1. The Balaban J connectivity index is 0.00000450. The second kappa shape index (κ2) is 14.3. The largest absolute Gasteiger partial charge is 0.494 e. The maximum Gasteiger partial charge on any atom is 0.409 e. The summed E-state index contributed by atoms with van der Waals surface area (Å²) in [5.74, 6) is 1.74. The molecule has 1 aromatic rings. The van der Waals surface area contributed by atoms with Gasteiger partial charge in [-0.3, -0.25) is 4.99 Å². The van der Waals surface area contributed by atoms with Crippen LogP contribution in [0.1, 0.15) is 18.9 Å². The molecule has 1 aromatic carbocycles. The first kappa shape index (κ1) is 26.3. The molecule has 30 heavy (non-hydrogen) atoms. The summed E-state index contributed by atoms with van der Waals surface area (Å²) >= 11 is 0. The van der Waals surface area contributed by atoms with Gasteiger partial charge >= 0.3 is 6.09 Å². The van der Waals surface area contributed by atoms with E-state index >= 15 is 0 Å². The number of piperazine rings is 1. The number of benzene rings is 1. The molecular weight excluding hydrogens is 497 g/mol. The van der Waals surface area contributed by atoms with Crippen molar-refractivity contribution >= 4 is 36.0 Å². The average Bonchev–Trinajstić information content (AvgIpc) is 2.73. The molecule has 0 bridgehead atoms. The third kappa shape index (κ3) is 8.95. The van der Waals surface area contributed by atoms with E-state index in [0.29, 0.717) is 26.2 Å². The zero-order chi connectivity index (χ0) is 21.1. The van der Waals surface area contributed by atoms with Crippen molar-refractivity contribution in [1.29, 1.82) is 0 Å². The molecule has 2 rings (SSSR count). The van der Waals surface area contributed by atoms with Crippen molar-refractivity contribution in [3.63, 3.8) is 0 Å². The summed E-state index contributed by atoms with van der Waals surface area (Å²) in [5.41, 5.74) is 1.16. The van der Waals surface area contributed by atoms with Crippen LogP contribution in [0.2, 0.25) is 0 Å². The minimum absolute atomic E-state index is 0. The number of nitrogens with zero attached hydrogens (tertiary/aromatic N) is 4. The van der Waals surface area contributed by atoms with E-state index in [4.69, 9.17) is 9.47 Å². The molecule has 0 spiro atoms. The smallest absolute Gasteiger partial charge is 0.409 e. The molecule has 1 amide bonds. The van der Waals surface area contributed by atoms with Crippen LogP contribution in [0.4, 0.5) is 4.79 Å². The standard InChI is InChI=1S/C21H35N5O3.HI/c1-5-28-21(27)26-14-12-25(13-15-26)20(22-2)23-17-18-7-9-19(10-8-18)29-16-6-11-24(3)4;/h7-10H,5-6,11-17H2,1-4H3,(H,22,23);1H. The molecular formula is C21H36IN5O3. The van der Waals surface area contributed by atoms with Gasteiger partial charge in [-0.25, -0.2) is 4.79 Å². The van der Waals surface area contributed by atoms with Crippen molar-refractivity contribution in [1.82, 2.24) is 20.0 Å². The Morgan fingerprint density at radius 1 is 1.13 bits per heavy atom. The van der Waals surface area contributed by atoms with Gasteiger partial charge in [0.2, 0.25) is 0 Å². The predicted molar refractivity (Wildman–Crippen MR) is 131 cm³/mol. The normalized spacial score (nSPS) is 14.4. The van der Waals surface area contributed by atoms with E-state index in [-0.39, 0.29) is 30.1 Å². The number of hydrogen-bond acceptors (Lipinski definition) is 5. The number of hydrogen-bond donors (Lipinski definition) is 1. The highest BCUT2D eigenvalue weighted by molar-refractivity contribution is 14.0. The molecule has 1 N–H and O–H groups in total. The molecule has 1 aliphatic heterocycles. The Morgan fingerprint density at radius 3 is 2.33 bits per heavy atom. The summed E-state index contributed by atoms with van der Waals surface area (Å²) < 4.78 is 10.8. The van der Waals surface area contributed by atoms with Crippen molar-refractivity contribution in [2.24, 2.45) is 4.99 Å². The van der Waals surface area contributed by atoms with Gasteiger partial charge in [0.15, 0.2) is 5.96 Å². The van der Waals surface area contributed by atoms with Crippen molar-refractivity contribution in [3.05, 3.63) is 29.8 Å². The minimum atomic E-state index is -0.237. The SMILES string of the molecule is CCOC(=O)N1CCN(C(=NC)NCc2ccc(OCCCN(C)C)cc2)CC1.I. The third-order valence-electron chi connectivity index (χ3n) is 4.71. The van der Waals surface area contributed by atoms with Crippen LogP contribution in [-0.2, 0) is 11.3 Å². The summed E-state index contributed by atoms with van der Waals surface area (Å²) in [6.45, 7) is 7.40. The number of amides is 1. The van der Waals surface area contributed by atoms with E-state index in [1.165, 1.54) is 0 Å². The quantitative estimate of drug-likeness (QED) is 0.240. The van der Waals surface area contributed by atoms with E-state index < -0.39 is 0 Å². The number of guanidine groups is 1. The second-order valence-corrected chi connectivity index (χ2v) is 7.22. The Morgan fingerprint density at radius 2 is 1.77 bits per heavy atom. The van der Waals surface area contributed by atoms with Crippen LogP contribution >= 0.6 is 24.0 Å². The van der Waals surface area contributed by atoms with Crippen molar-refractivity contribution in [2.75, 3.05) is 67.1 Å². The molecule has 8 nitrogen and oxygen atoms in total. The van der Waals surface area contributed by atoms with Gasteiger partial charge in [0, 0.05) is 46.3 Å². The van der Waals surface area contributed by atoms with Gasteiger partial charge in [0.1, 0.15) is 5.75 Å². The molecule has 1 aliphatic rings. The fourth-order valence-corrected chi connectivity index (χ4v) is 3.10. The lowest BCUT2D eigenvalue weighted by Gasteiger charge is -2.35. The van der Waals surface area contributed by atoms with E-state index in [2.05, 4.69) is 46.3 Å². The van der Waals surface area contributed by atoms with Crippen LogP contribution in [0.25, 0.3) is 0 Å². The number of rotatable bonds is 8. The zero-order valence-corrected chi connectivity index (χ0v) is 20.9. The Kier molecular flexibility index (Phi) is 12.5. The summed E-state index contributed by atoms with van der Waals surface area (Å²) in [5, 5.41) is 3.40. The second-order valence-electron chi connectivity index (χ2n) is 7.22. The van der Waals surface area contributed by atoms with Gasteiger partial charge < -0.3 is 29.5 Å². The zero-order valence-electron chi connectivity index (χ0n) is 18.6. The van der Waals surface area contributed by atoms with Crippen molar-refractivity contribution in [3.8, 4) is 5.75 Å². The highest BCUT2D eigenvalue weighted by Crippen LogP contribution is 2.13. The van der Waals surface area contributed by atoms with E-state index in [1.54, 1.807) is 11.9 Å². The number of carbonyl (C=O) groups excluding carboxylic acids is 1. The van der Waals surface area contributed by atoms with E-state index in [1.807, 2.05) is 19.1 Å². The maximum absolute atomic E-state index is 11.8. The number of carbonyl (C=O) groups is 1. The lowest BCUT2D eigenvalue weighted by Crippen LogP contribution is -2.53.